The number of thioether (sulfide) groups is 1. The highest BCUT2D eigenvalue weighted by atomic mass is 32.2. The second kappa shape index (κ2) is 7.55. The standard InChI is InChI=1S/C13H22N4OS/c1-3-18-12-10-11(2)15-13(16-12)14-4-5-17-6-8-19-9-7-17/h10H,3-9H2,1-2H3,(H,14,15,16). The fraction of sp³-hybridized carbons (Fsp3) is 0.692. The number of aromatic nitrogens is 2. The lowest BCUT2D eigenvalue weighted by Crippen LogP contribution is -2.36. The van der Waals surface area contributed by atoms with Crippen LogP contribution in [0.5, 0.6) is 5.88 Å². The molecule has 0 spiro atoms. The molecule has 0 bridgehead atoms. The third kappa shape index (κ3) is 4.87. The minimum absolute atomic E-state index is 0.626. The number of aryl methyl sites for hydroxylation is 1. The van der Waals surface area contributed by atoms with E-state index in [2.05, 4.69) is 20.2 Å². The molecule has 106 valence electrons. The molecule has 2 heterocycles. The molecule has 2 rings (SSSR count). The summed E-state index contributed by atoms with van der Waals surface area (Å²) in [4.78, 5) is 11.2. The molecule has 1 aliphatic rings. The van der Waals surface area contributed by atoms with Gasteiger partial charge in [-0.2, -0.15) is 16.7 Å². The molecule has 6 heteroatoms. The highest BCUT2D eigenvalue weighted by molar-refractivity contribution is 7.99. The van der Waals surface area contributed by atoms with Gasteiger partial charge in [-0.15, -0.1) is 0 Å². The summed E-state index contributed by atoms with van der Waals surface area (Å²) in [7, 11) is 0. The first-order chi connectivity index (χ1) is 9.28. The quantitative estimate of drug-likeness (QED) is 0.856. The van der Waals surface area contributed by atoms with Gasteiger partial charge in [0.05, 0.1) is 6.61 Å². The summed E-state index contributed by atoms with van der Waals surface area (Å²) < 4.78 is 5.42. The van der Waals surface area contributed by atoms with Crippen molar-refractivity contribution in [1.29, 1.82) is 0 Å². The van der Waals surface area contributed by atoms with E-state index in [0.29, 0.717) is 18.4 Å². The maximum atomic E-state index is 5.42. The number of anilines is 1. The van der Waals surface area contributed by atoms with E-state index in [-0.39, 0.29) is 0 Å². The largest absolute Gasteiger partial charge is 0.478 e. The van der Waals surface area contributed by atoms with Crippen LogP contribution in [0.25, 0.3) is 0 Å². The van der Waals surface area contributed by atoms with Gasteiger partial charge in [0.15, 0.2) is 0 Å². The summed E-state index contributed by atoms with van der Waals surface area (Å²) in [6.45, 7) is 8.83. The van der Waals surface area contributed by atoms with E-state index in [1.807, 2.05) is 31.7 Å². The van der Waals surface area contributed by atoms with Crippen LogP contribution in [0.2, 0.25) is 0 Å². The SMILES string of the molecule is CCOc1cc(C)nc(NCCN2CCSCC2)n1. The topological polar surface area (TPSA) is 50.3 Å². The summed E-state index contributed by atoms with van der Waals surface area (Å²) >= 11 is 2.03. The van der Waals surface area contributed by atoms with Crippen LogP contribution in [0.1, 0.15) is 12.6 Å². The van der Waals surface area contributed by atoms with E-state index in [4.69, 9.17) is 4.74 Å². The van der Waals surface area contributed by atoms with Crippen molar-refractivity contribution in [2.75, 3.05) is 49.6 Å². The zero-order valence-electron chi connectivity index (χ0n) is 11.7. The zero-order chi connectivity index (χ0) is 13.5. The molecule has 0 amide bonds. The lowest BCUT2D eigenvalue weighted by atomic mass is 10.4. The molecule has 1 aromatic heterocycles. The Balaban J connectivity index is 1.81. The van der Waals surface area contributed by atoms with Gasteiger partial charge in [-0.3, -0.25) is 4.90 Å². The van der Waals surface area contributed by atoms with Crippen molar-refractivity contribution in [3.63, 3.8) is 0 Å². The first-order valence-corrected chi connectivity index (χ1v) is 7.96. The zero-order valence-corrected chi connectivity index (χ0v) is 12.5. The first-order valence-electron chi connectivity index (χ1n) is 6.80. The predicted molar refractivity (Wildman–Crippen MR) is 80.2 cm³/mol. The Morgan fingerprint density at radius 1 is 1.37 bits per heavy atom. The van der Waals surface area contributed by atoms with Crippen LogP contribution in [0.15, 0.2) is 6.07 Å². The van der Waals surface area contributed by atoms with Gasteiger partial charge < -0.3 is 10.1 Å². The molecular weight excluding hydrogens is 260 g/mol. The van der Waals surface area contributed by atoms with Crippen molar-refractivity contribution in [3.05, 3.63) is 11.8 Å². The molecule has 0 radical (unpaired) electrons. The molecule has 0 saturated carbocycles. The number of hydrogen-bond acceptors (Lipinski definition) is 6. The Morgan fingerprint density at radius 3 is 2.89 bits per heavy atom. The second-order valence-corrected chi connectivity index (χ2v) is 5.71. The summed E-state index contributed by atoms with van der Waals surface area (Å²) in [6, 6.07) is 1.86. The Labute approximate surface area is 119 Å². The van der Waals surface area contributed by atoms with Crippen LogP contribution in [0, 0.1) is 6.92 Å². The maximum Gasteiger partial charge on any atom is 0.226 e. The van der Waals surface area contributed by atoms with Gasteiger partial charge in [-0.25, -0.2) is 4.98 Å². The smallest absolute Gasteiger partial charge is 0.226 e. The van der Waals surface area contributed by atoms with Crippen molar-refractivity contribution in [2.24, 2.45) is 0 Å². The average molecular weight is 282 g/mol. The third-order valence-corrected chi connectivity index (χ3v) is 3.88. The number of hydrogen-bond donors (Lipinski definition) is 1. The van der Waals surface area contributed by atoms with Crippen molar-refractivity contribution in [3.8, 4) is 5.88 Å². The van der Waals surface area contributed by atoms with E-state index in [1.165, 1.54) is 24.6 Å². The second-order valence-electron chi connectivity index (χ2n) is 4.48. The monoisotopic (exact) mass is 282 g/mol. The van der Waals surface area contributed by atoms with Gasteiger partial charge in [0.1, 0.15) is 0 Å². The molecule has 1 aliphatic heterocycles. The van der Waals surface area contributed by atoms with Gasteiger partial charge in [0.25, 0.3) is 0 Å². The molecule has 0 atom stereocenters. The number of rotatable bonds is 6. The molecule has 1 fully saturated rings. The van der Waals surface area contributed by atoms with Gasteiger partial charge in [-0.05, 0) is 13.8 Å². The van der Waals surface area contributed by atoms with Crippen LogP contribution in [0.4, 0.5) is 5.95 Å². The Morgan fingerprint density at radius 2 is 2.16 bits per heavy atom. The molecular formula is C13H22N4OS. The van der Waals surface area contributed by atoms with Gasteiger partial charge in [-0.1, -0.05) is 0 Å². The average Bonchev–Trinajstić information content (AvgIpc) is 2.40. The molecule has 5 nitrogen and oxygen atoms in total. The maximum absolute atomic E-state index is 5.42. The molecule has 0 aromatic carbocycles. The van der Waals surface area contributed by atoms with E-state index in [1.54, 1.807) is 0 Å². The Kier molecular flexibility index (Phi) is 5.72. The van der Waals surface area contributed by atoms with Gasteiger partial charge in [0.2, 0.25) is 11.8 Å². The summed E-state index contributed by atoms with van der Waals surface area (Å²) in [5.74, 6) is 3.80. The molecule has 19 heavy (non-hydrogen) atoms. The van der Waals surface area contributed by atoms with Crippen LogP contribution in [-0.4, -0.2) is 59.2 Å². The van der Waals surface area contributed by atoms with E-state index in [0.717, 1.165) is 18.8 Å². The highest BCUT2D eigenvalue weighted by Crippen LogP contribution is 2.12. The van der Waals surface area contributed by atoms with Crippen molar-refractivity contribution in [1.82, 2.24) is 14.9 Å². The van der Waals surface area contributed by atoms with Gasteiger partial charge in [0, 0.05) is 49.4 Å². The van der Waals surface area contributed by atoms with Crippen molar-refractivity contribution < 1.29 is 4.74 Å². The minimum atomic E-state index is 0.626. The van der Waals surface area contributed by atoms with Crippen molar-refractivity contribution in [2.45, 2.75) is 13.8 Å². The fourth-order valence-corrected chi connectivity index (χ4v) is 2.97. The normalized spacial score (nSPS) is 16.3. The van der Waals surface area contributed by atoms with Crippen LogP contribution in [-0.2, 0) is 0 Å². The number of nitrogens with zero attached hydrogens (tertiary/aromatic N) is 3. The van der Waals surface area contributed by atoms with E-state index >= 15 is 0 Å². The van der Waals surface area contributed by atoms with Gasteiger partial charge >= 0.3 is 0 Å². The van der Waals surface area contributed by atoms with Crippen LogP contribution in [0.3, 0.4) is 0 Å². The molecule has 0 aliphatic carbocycles. The van der Waals surface area contributed by atoms with E-state index < -0.39 is 0 Å². The lowest BCUT2D eigenvalue weighted by Gasteiger charge is -2.26. The Bertz CT molecular complexity index is 396. The number of nitrogens with one attached hydrogen (secondary N) is 1. The van der Waals surface area contributed by atoms with Crippen LogP contribution < -0.4 is 10.1 Å². The minimum Gasteiger partial charge on any atom is -0.478 e. The first kappa shape index (κ1) is 14.4. The lowest BCUT2D eigenvalue weighted by molar-refractivity contribution is 0.314. The van der Waals surface area contributed by atoms with E-state index in [9.17, 15) is 0 Å². The summed E-state index contributed by atoms with van der Waals surface area (Å²) in [5, 5.41) is 3.28. The Hall–Kier alpha value is -1.01. The molecule has 1 saturated heterocycles. The third-order valence-electron chi connectivity index (χ3n) is 2.94. The fourth-order valence-electron chi connectivity index (χ4n) is 1.99. The summed E-state index contributed by atoms with van der Waals surface area (Å²) in [5.41, 5.74) is 0.926. The predicted octanol–water partition coefficient (Wildman–Crippen LogP) is 1.64. The highest BCUT2D eigenvalue weighted by Gasteiger charge is 2.09. The van der Waals surface area contributed by atoms with Crippen LogP contribution >= 0.6 is 11.8 Å². The molecule has 0 unspecified atom stereocenters. The molecule has 1 N–H and O–H groups in total. The summed E-state index contributed by atoms with van der Waals surface area (Å²) in [6.07, 6.45) is 0. The molecule has 1 aromatic rings. The van der Waals surface area contributed by atoms with Crippen molar-refractivity contribution >= 4 is 17.7 Å². The number of ether oxygens (including phenoxy) is 1.